The molecular weight excluding hydrogens is 340 g/mol. The Morgan fingerprint density at radius 2 is 1.93 bits per heavy atom. The Hall–Kier alpha value is -1.46. The van der Waals surface area contributed by atoms with Gasteiger partial charge in [0, 0.05) is 24.7 Å². The molecule has 27 heavy (non-hydrogen) atoms. The number of hydrogen-bond donors (Lipinski definition) is 2. The van der Waals surface area contributed by atoms with E-state index in [1.807, 2.05) is 24.5 Å². The van der Waals surface area contributed by atoms with Gasteiger partial charge in [-0.1, -0.05) is 0 Å². The van der Waals surface area contributed by atoms with E-state index in [-0.39, 0.29) is 17.4 Å². The van der Waals surface area contributed by atoms with Gasteiger partial charge in [0.25, 0.3) is 0 Å². The molecule has 4 bridgehead atoms. The summed E-state index contributed by atoms with van der Waals surface area (Å²) in [5.41, 5.74) is 0.774. The maximum absolute atomic E-state index is 12.9. The van der Waals surface area contributed by atoms with E-state index in [4.69, 9.17) is 4.74 Å². The van der Waals surface area contributed by atoms with Crippen molar-refractivity contribution < 1.29 is 14.6 Å². The number of nitrogens with zero attached hydrogens (tertiary/aromatic N) is 1. The number of amides is 1. The summed E-state index contributed by atoms with van der Waals surface area (Å²) in [6.45, 7) is 1.30. The lowest BCUT2D eigenvalue weighted by atomic mass is 9.47. The third-order valence-electron chi connectivity index (χ3n) is 7.48. The molecule has 1 aromatic heterocycles. The quantitative estimate of drug-likeness (QED) is 0.835. The second-order valence-electron chi connectivity index (χ2n) is 9.89. The number of hydrogen-bond acceptors (Lipinski definition) is 4. The number of carbonyl (C=O) groups excluding carboxylic acids is 1. The average molecular weight is 370 g/mol. The van der Waals surface area contributed by atoms with Crippen LogP contribution >= 0.6 is 0 Å². The van der Waals surface area contributed by atoms with Gasteiger partial charge in [-0.05, 0) is 79.9 Å². The monoisotopic (exact) mass is 370 g/mol. The Labute approximate surface area is 160 Å². The molecule has 2 N–H and O–H groups in total. The third-order valence-corrected chi connectivity index (χ3v) is 7.48. The molecule has 2 heterocycles. The first kappa shape index (κ1) is 17.6. The molecule has 5 fully saturated rings. The summed E-state index contributed by atoms with van der Waals surface area (Å²) in [5, 5.41) is 14.2. The first-order chi connectivity index (χ1) is 13.0. The molecule has 146 valence electrons. The zero-order valence-corrected chi connectivity index (χ0v) is 15.9. The predicted octanol–water partition coefficient (Wildman–Crippen LogP) is 2.48. The molecule has 5 nitrogen and oxygen atoms in total. The molecule has 1 aliphatic heterocycles. The molecule has 1 saturated heterocycles. The lowest BCUT2D eigenvalue weighted by Crippen LogP contribution is -2.57. The van der Waals surface area contributed by atoms with Gasteiger partial charge in [0.2, 0.25) is 5.91 Å². The fourth-order valence-corrected chi connectivity index (χ4v) is 6.99. The lowest BCUT2D eigenvalue weighted by Gasteiger charge is -2.60. The molecular formula is C22H30N2O3. The van der Waals surface area contributed by atoms with Crippen LogP contribution in [0.3, 0.4) is 0 Å². The van der Waals surface area contributed by atoms with Gasteiger partial charge in [-0.25, -0.2) is 0 Å². The zero-order chi connectivity index (χ0) is 18.5. The van der Waals surface area contributed by atoms with Crippen LogP contribution in [0.5, 0.6) is 0 Å². The molecule has 6 rings (SSSR count). The molecule has 0 radical (unpaired) electrons. The third kappa shape index (κ3) is 3.52. The Morgan fingerprint density at radius 1 is 1.19 bits per heavy atom. The predicted molar refractivity (Wildman–Crippen MR) is 101 cm³/mol. The summed E-state index contributed by atoms with van der Waals surface area (Å²) in [6, 6.07) is 4.16. The fraction of sp³-hybridized carbons (Fsp3) is 0.727. The standard InChI is InChI=1S/C22H30N2O3/c25-20(11-21-7-16-5-17(8-21)10-22(26,9-16)14-21)24-19-13-27-12-18(19)6-15-1-3-23-4-2-15/h1-4,16-19,26H,5-14H2,(H,24,25)/t16?,17?,18-,19-,21?,22?/m1/s1. The summed E-state index contributed by atoms with van der Waals surface area (Å²) in [4.78, 5) is 17.0. The van der Waals surface area contributed by atoms with Crippen LogP contribution < -0.4 is 5.32 Å². The van der Waals surface area contributed by atoms with Gasteiger partial charge in [-0.3, -0.25) is 9.78 Å². The highest BCUT2D eigenvalue weighted by Crippen LogP contribution is 2.62. The lowest BCUT2D eigenvalue weighted by molar-refractivity contribution is -0.169. The van der Waals surface area contributed by atoms with Crippen molar-refractivity contribution in [1.29, 1.82) is 0 Å². The summed E-state index contributed by atoms with van der Waals surface area (Å²) in [6.07, 6.45) is 11.4. The van der Waals surface area contributed by atoms with Crippen LogP contribution in [0.15, 0.2) is 24.5 Å². The van der Waals surface area contributed by atoms with Crippen LogP contribution in [0.4, 0.5) is 0 Å². The van der Waals surface area contributed by atoms with Gasteiger partial charge < -0.3 is 15.2 Å². The zero-order valence-electron chi connectivity index (χ0n) is 15.9. The van der Waals surface area contributed by atoms with E-state index in [2.05, 4.69) is 10.3 Å². The number of aromatic nitrogens is 1. The van der Waals surface area contributed by atoms with Crippen LogP contribution in [0, 0.1) is 23.2 Å². The Bertz CT molecular complexity index is 693. The second kappa shape index (κ2) is 6.56. The van der Waals surface area contributed by atoms with Crippen LogP contribution in [0.25, 0.3) is 0 Å². The maximum atomic E-state index is 12.9. The highest BCUT2D eigenvalue weighted by molar-refractivity contribution is 5.77. The topological polar surface area (TPSA) is 71.5 Å². The first-order valence-electron chi connectivity index (χ1n) is 10.5. The van der Waals surface area contributed by atoms with Crippen molar-refractivity contribution in [2.24, 2.45) is 23.2 Å². The van der Waals surface area contributed by atoms with E-state index in [0.717, 1.165) is 38.5 Å². The Morgan fingerprint density at radius 3 is 2.63 bits per heavy atom. The SMILES string of the molecule is O=C(CC12CC3CC(CC(O)(C3)C1)C2)N[C@@H]1COC[C@H]1Cc1ccncc1. The van der Waals surface area contributed by atoms with E-state index in [0.29, 0.717) is 37.4 Å². The Kier molecular flexibility index (Phi) is 4.28. The smallest absolute Gasteiger partial charge is 0.220 e. The van der Waals surface area contributed by atoms with E-state index in [9.17, 15) is 9.90 Å². The molecule has 0 aromatic carbocycles. The van der Waals surface area contributed by atoms with Gasteiger partial charge in [0.15, 0.2) is 0 Å². The van der Waals surface area contributed by atoms with Gasteiger partial charge in [0.05, 0.1) is 24.9 Å². The summed E-state index contributed by atoms with van der Waals surface area (Å²) in [7, 11) is 0. The van der Waals surface area contributed by atoms with Crippen molar-refractivity contribution in [1.82, 2.24) is 10.3 Å². The summed E-state index contributed by atoms with van der Waals surface area (Å²) >= 11 is 0. The maximum Gasteiger partial charge on any atom is 0.220 e. The number of ether oxygens (including phenoxy) is 1. The summed E-state index contributed by atoms with van der Waals surface area (Å²) in [5.74, 6) is 1.71. The highest BCUT2D eigenvalue weighted by atomic mass is 16.5. The first-order valence-corrected chi connectivity index (χ1v) is 10.5. The molecule has 4 aliphatic carbocycles. The number of rotatable bonds is 5. The minimum atomic E-state index is -0.495. The van der Waals surface area contributed by atoms with Gasteiger partial charge in [-0.15, -0.1) is 0 Å². The van der Waals surface area contributed by atoms with Gasteiger partial charge >= 0.3 is 0 Å². The minimum absolute atomic E-state index is 0.0307. The minimum Gasteiger partial charge on any atom is -0.390 e. The molecule has 2 unspecified atom stereocenters. The van der Waals surface area contributed by atoms with E-state index in [1.54, 1.807) is 0 Å². The van der Waals surface area contributed by atoms with E-state index in [1.165, 1.54) is 12.0 Å². The van der Waals surface area contributed by atoms with Crippen LogP contribution in [0.2, 0.25) is 0 Å². The molecule has 1 aromatic rings. The van der Waals surface area contributed by atoms with Crippen molar-refractivity contribution in [2.75, 3.05) is 13.2 Å². The van der Waals surface area contributed by atoms with Gasteiger partial charge in [0.1, 0.15) is 0 Å². The highest BCUT2D eigenvalue weighted by Gasteiger charge is 2.57. The average Bonchev–Trinajstić information content (AvgIpc) is 2.99. The molecule has 0 spiro atoms. The second-order valence-corrected chi connectivity index (χ2v) is 9.89. The number of pyridine rings is 1. The van der Waals surface area contributed by atoms with Crippen LogP contribution in [-0.2, 0) is 16.0 Å². The molecule has 5 heteroatoms. The largest absolute Gasteiger partial charge is 0.390 e. The molecule has 5 aliphatic rings. The van der Waals surface area contributed by atoms with E-state index >= 15 is 0 Å². The fourth-order valence-electron chi connectivity index (χ4n) is 6.99. The van der Waals surface area contributed by atoms with Crippen LogP contribution in [-0.4, -0.2) is 40.9 Å². The normalized spacial score (nSPS) is 42.4. The number of carbonyl (C=O) groups is 1. The van der Waals surface area contributed by atoms with Crippen LogP contribution in [0.1, 0.15) is 50.5 Å². The van der Waals surface area contributed by atoms with Crippen molar-refractivity contribution in [3.8, 4) is 0 Å². The van der Waals surface area contributed by atoms with Gasteiger partial charge in [-0.2, -0.15) is 0 Å². The Balaban J connectivity index is 1.22. The van der Waals surface area contributed by atoms with Crippen molar-refractivity contribution >= 4 is 5.91 Å². The van der Waals surface area contributed by atoms with Crippen molar-refractivity contribution in [3.63, 3.8) is 0 Å². The molecule has 1 amide bonds. The number of nitrogens with one attached hydrogen (secondary N) is 1. The van der Waals surface area contributed by atoms with E-state index < -0.39 is 5.60 Å². The molecule has 4 saturated carbocycles. The number of aliphatic hydroxyl groups is 1. The molecule has 4 atom stereocenters. The van der Waals surface area contributed by atoms with Crippen molar-refractivity contribution in [3.05, 3.63) is 30.1 Å². The summed E-state index contributed by atoms with van der Waals surface area (Å²) < 4.78 is 5.68. The van der Waals surface area contributed by atoms with Crippen molar-refractivity contribution in [2.45, 2.75) is 63.0 Å².